The summed E-state index contributed by atoms with van der Waals surface area (Å²) in [6.07, 6.45) is 2.77. The van der Waals surface area contributed by atoms with Crippen molar-refractivity contribution in [2.24, 2.45) is 7.05 Å². The average molecular weight is 246 g/mol. The Kier molecular flexibility index (Phi) is 2.09. The molecule has 0 fully saturated rings. The highest BCUT2D eigenvalue weighted by molar-refractivity contribution is 5.90. The lowest BCUT2D eigenvalue weighted by atomic mass is 9.93. The van der Waals surface area contributed by atoms with Crippen LogP contribution in [0.1, 0.15) is 21.6 Å². The van der Waals surface area contributed by atoms with Gasteiger partial charge in [-0.15, -0.1) is 0 Å². The first-order valence-corrected chi connectivity index (χ1v) is 5.45. The Bertz CT molecular complexity index is 714. The van der Waals surface area contributed by atoms with E-state index in [4.69, 9.17) is 5.11 Å². The van der Waals surface area contributed by atoms with Gasteiger partial charge >= 0.3 is 11.7 Å². The number of aryl methyl sites for hydroxylation is 2. The zero-order chi connectivity index (χ0) is 12.9. The van der Waals surface area contributed by atoms with Gasteiger partial charge in [0, 0.05) is 18.8 Å². The molecule has 0 bridgehead atoms. The Labute approximate surface area is 101 Å². The predicted octanol–water partition coefficient (Wildman–Crippen LogP) is -0.0328. The number of carboxylic acid groups (broad SMARTS) is 1. The maximum absolute atomic E-state index is 11.3. The van der Waals surface area contributed by atoms with Crippen molar-refractivity contribution in [2.45, 2.75) is 12.8 Å². The third-order valence-corrected chi connectivity index (χ3v) is 3.12. The number of carbonyl (C=O) groups is 1. The summed E-state index contributed by atoms with van der Waals surface area (Å²) in [7, 11) is 1.67. The Morgan fingerprint density at radius 1 is 1.50 bits per heavy atom. The van der Waals surface area contributed by atoms with Gasteiger partial charge in [-0.1, -0.05) is 0 Å². The van der Waals surface area contributed by atoms with Gasteiger partial charge < -0.3 is 10.1 Å². The van der Waals surface area contributed by atoms with Crippen molar-refractivity contribution < 1.29 is 9.90 Å². The number of aromatic amines is 1. The Hall–Kier alpha value is -2.44. The monoisotopic (exact) mass is 246 g/mol. The molecule has 0 atom stereocenters. The number of carboxylic acids is 1. The smallest absolute Gasteiger partial charge is 0.356 e. The van der Waals surface area contributed by atoms with E-state index >= 15 is 0 Å². The Morgan fingerprint density at radius 3 is 3.00 bits per heavy atom. The van der Waals surface area contributed by atoms with Gasteiger partial charge in [-0.25, -0.2) is 14.6 Å². The standard InChI is InChI=1S/C11H10N4O3/c1-15-9-6(8(14-15)10(16)17)3-2-5-4-12-11(18)13-7(5)9/h4H,2-3H2,1H3,(H,16,17)(H,12,13,18). The maximum Gasteiger partial charge on any atom is 0.356 e. The molecule has 18 heavy (non-hydrogen) atoms. The minimum atomic E-state index is -1.05. The quantitative estimate of drug-likeness (QED) is 0.735. The summed E-state index contributed by atoms with van der Waals surface area (Å²) < 4.78 is 1.49. The van der Waals surface area contributed by atoms with Gasteiger partial charge in [-0.2, -0.15) is 5.10 Å². The van der Waals surface area contributed by atoms with Gasteiger partial charge in [0.15, 0.2) is 5.69 Å². The van der Waals surface area contributed by atoms with Crippen molar-refractivity contribution in [1.29, 1.82) is 0 Å². The van der Waals surface area contributed by atoms with E-state index in [1.165, 1.54) is 10.9 Å². The number of nitrogens with one attached hydrogen (secondary N) is 1. The largest absolute Gasteiger partial charge is 0.476 e. The molecule has 2 aromatic rings. The molecule has 0 saturated heterocycles. The third kappa shape index (κ3) is 1.37. The number of rotatable bonds is 1. The molecule has 0 amide bonds. The van der Waals surface area contributed by atoms with Crippen LogP contribution in [0.15, 0.2) is 11.0 Å². The first-order valence-electron chi connectivity index (χ1n) is 5.45. The molecule has 0 saturated carbocycles. The van der Waals surface area contributed by atoms with Crippen LogP contribution in [-0.4, -0.2) is 30.8 Å². The molecule has 0 radical (unpaired) electrons. The first-order chi connectivity index (χ1) is 8.58. The van der Waals surface area contributed by atoms with E-state index < -0.39 is 11.7 Å². The second-order valence-corrected chi connectivity index (χ2v) is 4.19. The molecule has 2 heterocycles. The summed E-state index contributed by atoms with van der Waals surface area (Å²) in [5.74, 6) is -1.05. The van der Waals surface area contributed by atoms with Crippen LogP contribution in [0.4, 0.5) is 0 Å². The fourth-order valence-electron chi connectivity index (χ4n) is 2.37. The van der Waals surface area contributed by atoms with E-state index in [-0.39, 0.29) is 5.69 Å². The van der Waals surface area contributed by atoms with Gasteiger partial charge in [0.05, 0.1) is 11.4 Å². The number of nitrogens with zero attached hydrogens (tertiary/aromatic N) is 3. The van der Waals surface area contributed by atoms with E-state index in [0.29, 0.717) is 29.8 Å². The van der Waals surface area contributed by atoms with E-state index in [1.807, 2.05) is 0 Å². The topological polar surface area (TPSA) is 101 Å². The van der Waals surface area contributed by atoms with E-state index in [1.54, 1.807) is 7.05 Å². The molecule has 3 rings (SSSR count). The van der Waals surface area contributed by atoms with Gasteiger partial charge in [-0.05, 0) is 18.4 Å². The predicted molar refractivity (Wildman–Crippen MR) is 61.4 cm³/mol. The molecule has 7 nitrogen and oxygen atoms in total. The minimum absolute atomic E-state index is 0.0517. The van der Waals surface area contributed by atoms with Crippen molar-refractivity contribution in [3.05, 3.63) is 33.5 Å². The van der Waals surface area contributed by atoms with Crippen molar-refractivity contribution in [3.8, 4) is 11.4 Å². The van der Waals surface area contributed by atoms with Crippen LogP contribution < -0.4 is 5.69 Å². The van der Waals surface area contributed by atoms with Crippen LogP contribution in [0.3, 0.4) is 0 Å². The number of hydrogen-bond acceptors (Lipinski definition) is 4. The number of aromatic carboxylic acids is 1. The number of aromatic nitrogens is 4. The minimum Gasteiger partial charge on any atom is -0.476 e. The third-order valence-electron chi connectivity index (χ3n) is 3.12. The summed E-state index contributed by atoms with van der Waals surface area (Å²) in [6.45, 7) is 0. The highest BCUT2D eigenvalue weighted by Gasteiger charge is 2.27. The Balaban J connectivity index is 2.33. The zero-order valence-electron chi connectivity index (χ0n) is 9.60. The molecule has 1 aliphatic rings. The van der Waals surface area contributed by atoms with Gasteiger partial charge in [-0.3, -0.25) is 4.68 Å². The average Bonchev–Trinajstić information content (AvgIpc) is 2.67. The summed E-state index contributed by atoms with van der Waals surface area (Å²) in [5.41, 5.74) is 2.46. The lowest BCUT2D eigenvalue weighted by Crippen LogP contribution is -2.17. The summed E-state index contributed by atoms with van der Waals surface area (Å²) >= 11 is 0. The fraction of sp³-hybridized carbons (Fsp3) is 0.273. The Morgan fingerprint density at radius 2 is 2.28 bits per heavy atom. The van der Waals surface area contributed by atoms with E-state index in [9.17, 15) is 9.59 Å². The molecule has 0 aromatic carbocycles. The zero-order valence-corrected chi connectivity index (χ0v) is 9.60. The molecule has 2 aromatic heterocycles. The van der Waals surface area contributed by atoms with Crippen LogP contribution in [0.2, 0.25) is 0 Å². The lowest BCUT2D eigenvalue weighted by molar-refractivity contribution is 0.0688. The van der Waals surface area contributed by atoms with Crippen molar-refractivity contribution in [2.75, 3.05) is 0 Å². The normalized spacial score (nSPS) is 12.9. The molecular weight excluding hydrogens is 236 g/mol. The lowest BCUT2D eigenvalue weighted by Gasteiger charge is -2.15. The van der Waals surface area contributed by atoms with Crippen molar-refractivity contribution >= 4 is 5.97 Å². The maximum atomic E-state index is 11.3. The number of fused-ring (bicyclic) bond motifs is 3. The summed E-state index contributed by atoms with van der Waals surface area (Å²) in [6, 6.07) is 0. The van der Waals surface area contributed by atoms with E-state index in [0.717, 1.165) is 5.56 Å². The first kappa shape index (κ1) is 10.7. The second kappa shape index (κ2) is 3.52. The molecular formula is C11H10N4O3. The fourth-order valence-corrected chi connectivity index (χ4v) is 2.37. The van der Waals surface area contributed by atoms with Crippen molar-refractivity contribution in [1.82, 2.24) is 19.7 Å². The second-order valence-electron chi connectivity index (χ2n) is 4.19. The molecule has 0 spiro atoms. The van der Waals surface area contributed by atoms with E-state index in [2.05, 4.69) is 15.1 Å². The molecule has 0 aliphatic heterocycles. The van der Waals surface area contributed by atoms with Gasteiger partial charge in [0.1, 0.15) is 0 Å². The molecule has 0 unspecified atom stereocenters. The number of H-pyrrole nitrogens is 1. The highest BCUT2D eigenvalue weighted by Crippen LogP contribution is 2.32. The molecule has 2 N–H and O–H groups in total. The van der Waals surface area contributed by atoms with Gasteiger partial charge in [0.2, 0.25) is 0 Å². The van der Waals surface area contributed by atoms with Crippen LogP contribution in [0, 0.1) is 0 Å². The molecule has 7 heteroatoms. The van der Waals surface area contributed by atoms with Crippen molar-refractivity contribution in [3.63, 3.8) is 0 Å². The molecule has 92 valence electrons. The van der Waals surface area contributed by atoms with Crippen LogP contribution in [0.5, 0.6) is 0 Å². The SMILES string of the molecule is Cn1nc(C(=O)O)c2c1-c1[nH]c(=O)ncc1CC2. The van der Waals surface area contributed by atoms with Crippen LogP contribution in [0.25, 0.3) is 11.4 Å². The van der Waals surface area contributed by atoms with Crippen LogP contribution in [-0.2, 0) is 19.9 Å². The van der Waals surface area contributed by atoms with Crippen LogP contribution >= 0.6 is 0 Å². The highest BCUT2D eigenvalue weighted by atomic mass is 16.4. The van der Waals surface area contributed by atoms with Gasteiger partial charge in [0.25, 0.3) is 0 Å². The summed E-state index contributed by atoms with van der Waals surface area (Å²) in [4.78, 5) is 28.7. The molecule has 1 aliphatic carbocycles. The number of hydrogen-bond donors (Lipinski definition) is 2. The summed E-state index contributed by atoms with van der Waals surface area (Å²) in [5, 5.41) is 13.1.